The number of benzene rings is 4. The maximum atomic E-state index is 7.62. The van der Waals surface area contributed by atoms with Gasteiger partial charge in [-0.2, -0.15) is 0 Å². The van der Waals surface area contributed by atoms with Gasteiger partial charge in [0.2, 0.25) is 5.95 Å². The molecule has 4 aromatic carbocycles. The lowest BCUT2D eigenvalue weighted by Gasteiger charge is -2.10. The highest BCUT2D eigenvalue weighted by Crippen LogP contribution is 2.37. The summed E-state index contributed by atoms with van der Waals surface area (Å²) in [7, 11) is 0. The molecule has 0 saturated heterocycles. The van der Waals surface area contributed by atoms with Gasteiger partial charge in [-0.3, -0.25) is 14.5 Å². The molecular formula is C40H29N5O2. The molecule has 4 aromatic heterocycles. The molecule has 226 valence electrons. The van der Waals surface area contributed by atoms with Gasteiger partial charge in [0, 0.05) is 62.9 Å². The summed E-state index contributed by atoms with van der Waals surface area (Å²) in [4.78, 5) is 18.1. The van der Waals surface area contributed by atoms with Gasteiger partial charge in [0.05, 0.1) is 22.4 Å². The molecule has 7 heteroatoms. The molecule has 0 bridgehead atoms. The smallest absolute Gasteiger partial charge is 0.234 e. The van der Waals surface area contributed by atoms with Gasteiger partial charge in [-0.25, -0.2) is 9.97 Å². The molecule has 4 heterocycles. The summed E-state index contributed by atoms with van der Waals surface area (Å²) < 4.78 is 37.6. The number of hydrogen-bond acceptors (Lipinski definition) is 6. The van der Waals surface area contributed by atoms with E-state index >= 15 is 0 Å². The Morgan fingerprint density at radius 3 is 1.57 bits per heavy atom. The molecular weight excluding hydrogens is 582 g/mol. The molecule has 7 nitrogen and oxygen atoms in total. The number of aromatic nitrogens is 5. The molecule has 0 atom stereocenters. The summed E-state index contributed by atoms with van der Waals surface area (Å²) in [5.41, 5.74) is 6.35. The fourth-order valence-corrected chi connectivity index (χ4v) is 5.64. The molecule has 47 heavy (non-hydrogen) atoms. The number of rotatable bonds is 7. The van der Waals surface area contributed by atoms with E-state index in [0.717, 1.165) is 44.2 Å². The average Bonchev–Trinajstić information content (AvgIpc) is 3.45. The van der Waals surface area contributed by atoms with Crippen molar-refractivity contribution < 1.29 is 13.6 Å². The second-order valence-electron chi connectivity index (χ2n) is 11.2. The monoisotopic (exact) mass is 614 g/mol. The molecule has 8 aromatic rings. The minimum Gasteiger partial charge on any atom is -0.457 e. The van der Waals surface area contributed by atoms with Crippen LogP contribution in [0.5, 0.6) is 23.0 Å². The zero-order chi connectivity index (χ0) is 34.2. The van der Waals surface area contributed by atoms with Crippen molar-refractivity contribution in [2.75, 3.05) is 0 Å². The van der Waals surface area contributed by atoms with Crippen molar-refractivity contribution in [1.82, 2.24) is 24.5 Å². The van der Waals surface area contributed by atoms with Gasteiger partial charge < -0.3 is 9.47 Å². The maximum Gasteiger partial charge on any atom is 0.234 e. The first kappa shape index (κ1) is 24.9. The van der Waals surface area contributed by atoms with Gasteiger partial charge in [0.1, 0.15) is 23.0 Å². The highest BCUT2D eigenvalue weighted by atomic mass is 16.5. The van der Waals surface area contributed by atoms with E-state index < -0.39 is 6.85 Å². The molecule has 0 amide bonds. The van der Waals surface area contributed by atoms with Gasteiger partial charge in [-0.1, -0.05) is 36.4 Å². The van der Waals surface area contributed by atoms with Crippen LogP contribution in [0.3, 0.4) is 0 Å². The average molecular weight is 615 g/mol. The van der Waals surface area contributed by atoms with Crippen LogP contribution in [0.25, 0.3) is 50.3 Å². The van der Waals surface area contributed by atoms with Crippen LogP contribution in [0.15, 0.2) is 140 Å². The predicted octanol–water partition coefficient (Wildman–Crippen LogP) is 9.90. The molecule has 0 aliphatic rings. The Hall–Kier alpha value is -6.34. The van der Waals surface area contributed by atoms with Gasteiger partial charge in [-0.05, 0) is 91.6 Å². The lowest BCUT2D eigenvalue weighted by atomic mass is 10.1. The first-order valence-electron chi connectivity index (χ1n) is 16.6. The molecule has 0 aliphatic carbocycles. The second-order valence-corrected chi connectivity index (χ2v) is 11.2. The van der Waals surface area contributed by atoms with Crippen LogP contribution in [-0.4, -0.2) is 24.5 Å². The predicted molar refractivity (Wildman–Crippen MR) is 185 cm³/mol. The van der Waals surface area contributed by atoms with Crippen LogP contribution in [0.2, 0.25) is 0 Å². The maximum absolute atomic E-state index is 7.62. The Balaban J connectivity index is 1.14. The number of nitrogens with zero attached hydrogens (tertiary/aromatic N) is 5. The Labute approximate surface area is 276 Å². The van der Waals surface area contributed by atoms with E-state index in [1.807, 2.05) is 115 Å². The van der Waals surface area contributed by atoms with E-state index in [4.69, 9.17) is 13.6 Å². The van der Waals surface area contributed by atoms with Crippen LogP contribution in [0.4, 0.5) is 0 Å². The number of fused-ring (bicyclic) bond motifs is 3. The highest BCUT2D eigenvalue weighted by molar-refractivity contribution is 6.09. The van der Waals surface area contributed by atoms with Gasteiger partial charge in [0.15, 0.2) is 0 Å². The first-order chi connectivity index (χ1) is 24.3. The number of hydrogen-bond donors (Lipinski definition) is 0. The van der Waals surface area contributed by atoms with Crippen molar-refractivity contribution in [3.63, 3.8) is 0 Å². The van der Waals surface area contributed by atoms with E-state index in [-0.39, 0.29) is 5.56 Å². The summed E-state index contributed by atoms with van der Waals surface area (Å²) >= 11 is 0. The van der Waals surface area contributed by atoms with Crippen molar-refractivity contribution in [2.24, 2.45) is 0 Å². The van der Waals surface area contributed by atoms with Crippen molar-refractivity contribution in [2.45, 2.75) is 13.8 Å². The summed E-state index contributed by atoms with van der Waals surface area (Å²) in [6.45, 7) is -0.187. The van der Waals surface area contributed by atoms with E-state index in [0.29, 0.717) is 34.6 Å². The molecule has 0 saturated carbocycles. The first-order valence-corrected chi connectivity index (χ1v) is 15.1. The van der Waals surface area contributed by atoms with E-state index in [1.165, 1.54) is 6.20 Å². The Kier molecular flexibility index (Phi) is 6.29. The largest absolute Gasteiger partial charge is 0.457 e. The minimum absolute atomic E-state index is 0.197. The molecule has 0 unspecified atom stereocenters. The van der Waals surface area contributed by atoms with Gasteiger partial charge >= 0.3 is 0 Å². The summed E-state index contributed by atoms with van der Waals surface area (Å²) in [6.07, 6.45) is 6.69. The minimum atomic E-state index is -2.21. The number of pyridine rings is 2. The van der Waals surface area contributed by atoms with Crippen LogP contribution >= 0.6 is 0 Å². The fourth-order valence-electron chi connectivity index (χ4n) is 5.64. The van der Waals surface area contributed by atoms with E-state index in [1.54, 1.807) is 30.6 Å². The number of aryl methyl sites for hydroxylation is 2. The number of ether oxygens (including phenoxy) is 2. The van der Waals surface area contributed by atoms with Crippen LogP contribution in [-0.2, 0) is 0 Å². The summed E-state index contributed by atoms with van der Waals surface area (Å²) in [6, 6.07) is 36.5. The topological polar surface area (TPSA) is 75.0 Å². The normalized spacial score (nSPS) is 12.4. The Morgan fingerprint density at radius 2 is 1.06 bits per heavy atom. The van der Waals surface area contributed by atoms with Crippen molar-refractivity contribution in [3.05, 3.63) is 151 Å². The van der Waals surface area contributed by atoms with Crippen molar-refractivity contribution in [1.29, 1.82) is 0 Å². The standard InChI is InChI=1S/C40H29N5O2/c1-26-10-16-36(43-24-26)28-6-3-8-30(20-28)46-32-12-14-34-35-15-13-33(23-39(35)45(38(34)22-32)40-41-18-5-19-42-40)47-31-9-4-7-29(21-31)37-17-11-27(2)25-44-37/h3-25H,1-2H3/i1D3. The zero-order valence-corrected chi connectivity index (χ0v) is 25.3. The Bertz CT molecular complexity index is 2480. The van der Waals surface area contributed by atoms with Crippen LogP contribution < -0.4 is 9.47 Å². The second kappa shape index (κ2) is 11.9. The van der Waals surface area contributed by atoms with E-state index in [9.17, 15) is 0 Å². The van der Waals surface area contributed by atoms with Crippen molar-refractivity contribution >= 4 is 21.8 Å². The third-order valence-electron chi connectivity index (χ3n) is 7.87. The molecule has 0 N–H and O–H groups in total. The molecule has 0 radical (unpaired) electrons. The highest BCUT2D eigenvalue weighted by Gasteiger charge is 2.17. The lowest BCUT2D eigenvalue weighted by molar-refractivity contribution is 0.483. The quantitative estimate of drug-likeness (QED) is 0.178. The third-order valence-corrected chi connectivity index (χ3v) is 7.87. The van der Waals surface area contributed by atoms with Crippen LogP contribution in [0.1, 0.15) is 15.2 Å². The van der Waals surface area contributed by atoms with Crippen molar-refractivity contribution in [3.8, 4) is 51.5 Å². The third kappa shape index (κ3) is 5.66. The van der Waals surface area contributed by atoms with E-state index in [2.05, 4.69) is 19.9 Å². The summed E-state index contributed by atoms with van der Waals surface area (Å²) in [5, 5.41) is 2.02. The molecule has 0 aliphatic heterocycles. The summed E-state index contributed by atoms with van der Waals surface area (Å²) in [5.74, 6) is 3.12. The van der Waals surface area contributed by atoms with Crippen LogP contribution in [0, 0.1) is 13.8 Å². The molecule has 0 fully saturated rings. The zero-order valence-electron chi connectivity index (χ0n) is 28.3. The Morgan fingerprint density at radius 1 is 0.532 bits per heavy atom. The fraction of sp³-hybridized carbons (Fsp3) is 0.0500. The lowest BCUT2D eigenvalue weighted by Crippen LogP contribution is -2.00. The molecule has 0 spiro atoms. The SMILES string of the molecule is [2H]C([2H])([2H])c1ccc(-c2cccc(Oc3ccc4c5ccc(Oc6cccc(-c7ccc(C)cn7)c6)cc5n(-c5ncccn5)c4c3)c2)nc1. The van der Waals surface area contributed by atoms with Gasteiger partial charge in [-0.15, -0.1) is 0 Å². The molecule has 8 rings (SSSR count). The van der Waals surface area contributed by atoms with Gasteiger partial charge in [0.25, 0.3) is 0 Å².